The lowest BCUT2D eigenvalue weighted by atomic mass is 10.0. The van der Waals surface area contributed by atoms with Crippen molar-refractivity contribution >= 4 is 0 Å². The first-order valence-corrected chi connectivity index (χ1v) is 6.28. The number of hydrogen-bond acceptors (Lipinski definition) is 1. The van der Waals surface area contributed by atoms with Crippen LogP contribution in [0.25, 0.3) is 0 Å². The van der Waals surface area contributed by atoms with Gasteiger partial charge in [0, 0.05) is 11.6 Å². The average molecular weight is 197 g/mol. The van der Waals surface area contributed by atoms with Crippen molar-refractivity contribution in [3.8, 4) is 0 Å². The van der Waals surface area contributed by atoms with E-state index in [4.69, 9.17) is 0 Å². The molecule has 0 saturated carbocycles. The first kappa shape index (κ1) is 12.0. The summed E-state index contributed by atoms with van der Waals surface area (Å²) in [5, 5.41) is 0. The third kappa shape index (κ3) is 3.61. The lowest BCUT2D eigenvalue weighted by molar-refractivity contribution is 0.0850. The van der Waals surface area contributed by atoms with Crippen LogP contribution in [0, 0.1) is 0 Å². The third-order valence-electron chi connectivity index (χ3n) is 3.41. The van der Waals surface area contributed by atoms with Gasteiger partial charge in [-0.05, 0) is 47.1 Å². The summed E-state index contributed by atoms with van der Waals surface area (Å²) < 4.78 is 0. The topological polar surface area (TPSA) is 3.24 Å². The average Bonchev–Trinajstić information content (AvgIpc) is 2.15. The van der Waals surface area contributed by atoms with Gasteiger partial charge in [0.05, 0.1) is 0 Å². The van der Waals surface area contributed by atoms with Crippen LogP contribution < -0.4 is 0 Å². The molecule has 1 heteroatoms. The quantitative estimate of drug-likeness (QED) is 0.570. The summed E-state index contributed by atoms with van der Waals surface area (Å²) in [6, 6.07) is 0.771. The van der Waals surface area contributed by atoms with Crippen molar-refractivity contribution in [2.45, 2.75) is 77.8 Å². The van der Waals surface area contributed by atoms with Crippen molar-refractivity contribution < 1.29 is 0 Å². The second kappa shape index (κ2) is 5.16. The van der Waals surface area contributed by atoms with Crippen LogP contribution in [-0.2, 0) is 0 Å². The summed E-state index contributed by atoms with van der Waals surface area (Å²) in [6.07, 6.45) is 8.53. The molecular weight excluding hydrogens is 170 g/mol. The summed E-state index contributed by atoms with van der Waals surface area (Å²) >= 11 is 0. The van der Waals surface area contributed by atoms with Gasteiger partial charge in [-0.2, -0.15) is 0 Å². The molecule has 1 saturated heterocycles. The smallest absolute Gasteiger partial charge is 0.0127 e. The van der Waals surface area contributed by atoms with Gasteiger partial charge in [-0.15, -0.1) is 0 Å². The highest BCUT2D eigenvalue weighted by atomic mass is 15.2. The van der Waals surface area contributed by atoms with Crippen LogP contribution in [0.1, 0.15) is 66.2 Å². The molecule has 1 aliphatic heterocycles. The lowest BCUT2D eigenvalue weighted by Crippen LogP contribution is -2.47. The van der Waals surface area contributed by atoms with Crippen LogP contribution in [0.5, 0.6) is 0 Å². The zero-order chi connectivity index (χ0) is 10.6. The van der Waals surface area contributed by atoms with Gasteiger partial charge < -0.3 is 0 Å². The molecule has 84 valence electrons. The molecular formula is C13H27N. The standard InChI is InChI=1S/C13H27N/c1-12-10-8-6-5-7-9-11-14(12)13(2,3)4/h12H,5-11H2,1-4H3. The van der Waals surface area contributed by atoms with E-state index >= 15 is 0 Å². The number of rotatable bonds is 0. The van der Waals surface area contributed by atoms with Gasteiger partial charge in [0.2, 0.25) is 0 Å². The van der Waals surface area contributed by atoms with Gasteiger partial charge in [0.25, 0.3) is 0 Å². The van der Waals surface area contributed by atoms with E-state index in [0.717, 1.165) is 6.04 Å². The molecule has 1 atom stereocenters. The van der Waals surface area contributed by atoms with Crippen molar-refractivity contribution in [1.29, 1.82) is 0 Å². The fourth-order valence-corrected chi connectivity index (χ4v) is 2.63. The maximum Gasteiger partial charge on any atom is 0.0127 e. The Kier molecular flexibility index (Phi) is 4.43. The molecule has 0 N–H and O–H groups in total. The largest absolute Gasteiger partial charge is 0.296 e. The Morgan fingerprint density at radius 3 is 2.14 bits per heavy atom. The predicted octanol–water partition coefficient (Wildman–Crippen LogP) is 3.83. The lowest BCUT2D eigenvalue weighted by Gasteiger charge is -2.40. The second-order valence-corrected chi connectivity index (χ2v) is 5.77. The SMILES string of the molecule is CC1CCCCCCCN1C(C)(C)C. The van der Waals surface area contributed by atoms with Crippen molar-refractivity contribution in [2.75, 3.05) is 6.54 Å². The molecule has 0 aromatic carbocycles. The van der Waals surface area contributed by atoms with Crippen LogP contribution in [0.2, 0.25) is 0 Å². The predicted molar refractivity (Wildman–Crippen MR) is 63.6 cm³/mol. The molecule has 0 aliphatic carbocycles. The van der Waals surface area contributed by atoms with Crippen molar-refractivity contribution in [1.82, 2.24) is 4.90 Å². The fourth-order valence-electron chi connectivity index (χ4n) is 2.63. The Morgan fingerprint density at radius 2 is 1.50 bits per heavy atom. The first-order valence-electron chi connectivity index (χ1n) is 6.28. The van der Waals surface area contributed by atoms with E-state index in [-0.39, 0.29) is 0 Å². The van der Waals surface area contributed by atoms with Gasteiger partial charge in [-0.1, -0.05) is 25.7 Å². The Bertz CT molecular complexity index is 157. The van der Waals surface area contributed by atoms with E-state index in [1.165, 1.54) is 45.1 Å². The van der Waals surface area contributed by atoms with E-state index in [1.54, 1.807) is 0 Å². The number of nitrogens with zero attached hydrogens (tertiary/aromatic N) is 1. The zero-order valence-corrected chi connectivity index (χ0v) is 10.5. The van der Waals surface area contributed by atoms with E-state index in [1.807, 2.05) is 0 Å². The van der Waals surface area contributed by atoms with E-state index in [9.17, 15) is 0 Å². The summed E-state index contributed by atoms with van der Waals surface area (Å²) in [5.74, 6) is 0. The van der Waals surface area contributed by atoms with Gasteiger partial charge in [0.1, 0.15) is 0 Å². The molecule has 14 heavy (non-hydrogen) atoms. The van der Waals surface area contributed by atoms with Crippen molar-refractivity contribution in [3.05, 3.63) is 0 Å². The van der Waals surface area contributed by atoms with E-state index in [0.29, 0.717) is 5.54 Å². The zero-order valence-electron chi connectivity index (χ0n) is 10.5. The highest BCUT2D eigenvalue weighted by molar-refractivity contribution is 4.81. The van der Waals surface area contributed by atoms with Gasteiger partial charge in [0.15, 0.2) is 0 Å². The maximum absolute atomic E-state index is 2.69. The molecule has 0 radical (unpaired) electrons. The number of hydrogen-bond donors (Lipinski definition) is 0. The van der Waals surface area contributed by atoms with Crippen LogP contribution in [-0.4, -0.2) is 23.0 Å². The van der Waals surface area contributed by atoms with Crippen LogP contribution >= 0.6 is 0 Å². The normalized spacial score (nSPS) is 27.9. The second-order valence-electron chi connectivity index (χ2n) is 5.77. The Morgan fingerprint density at radius 1 is 0.929 bits per heavy atom. The minimum absolute atomic E-state index is 0.351. The van der Waals surface area contributed by atoms with Crippen LogP contribution in [0.15, 0.2) is 0 Å². The minimum atomic E-state index is 0.351. The van der Waals surface area contributed by atoms with Crippen molar-refractivity contribution in [3.63, 3.8) is 0 Å². The first-order chi connectivity index (χ1) is 6.52. The van der Waals surface area contributed by atoms with Gasteiger partial charge >= 0.3 is 0 Å². The fraction of sp³-hybridized carbons (Fsp3) is 1.00. The van der Waals surface area contributed by atoms with E-state index in [2.05, 4.69) is 32.6 Å². The molecule has 0 amide bonds. The minimum Gasteiger partial charge on any atom is -0.296 e. The van der Waals surface area contributed by atoms with Crippen LogP contribution in [0.4, 0.5) is 0 Å². The molecule has 1 unspecified atom stereocenters. The van der Waals surface area contributed by atoms with Gasteiger partial charge in [-0.3, -0.25) is 4.90 Å². The highest BCUT2D eigenvalue weighted by Gasteiger charge is 2.25. The molecule has 1 aliphatic rings. The molecule has 1 heterocycles. The highest BCUT2D eigenvalue weighted by Crippen LogP contribution is 2.23. The van der Waals surface area contributed by atoms with E-state index < -0.39 is 0 Å². The molecule has 0 spiro atoms. The molecule has 0 aromatic rings. The Balaban J connectivity index is 2.58. The Hall–Kier alpha value is -0.0400. The third-order valence-corrected chi connectivity index (χ3v) is 3.41. The molecule has 1 fully saturated rings. The summed E-state index contributed by atoms with van der Waals surface area (Å²) in [6.45, 7) is 10.7. The molecule has 0 aromatic heterocycles. The monoisotopic (exact) mass is 197 g/mol. The molecule has 0 bridgehead atoms. The summed E-state index contributed by atoms with van der Waals surface area (Å²) in [4.78, 5) is 2.69. The molecule has 1 rings (SSSR count). The summed E-state index contributed by atoms with van der Waals surface area (Å²) in [5.41, 5.74) is 0.351. The van der Waals surface area contributed by atoms with Crippen molar-refractivity contribution in [2.24, 2.45) is 0 Å². The Labute approximate surface area is 89.9 Å². The van der Waals surface area contributed by atoms with Crippen LogP contribution in [0.3, 0.4) is 0 Å². The molecule has 1 nitrogen and oxygen atoms in total. The maximum atomic E-state index is 2.69. The summed E-state index contributed by atoms with van der Waals surface area (Å²) in [7, 11) is 0. The van der Waals surface area contributed by atoms with Gasteiger partial charge in [-0.25, -0.2) is 0 Å².